The van der Waals surface area contributed by atoms with Crippen molar-refractivity contribution in [1.29, 1.82) is 0 Å². The van der Waals surface area contributed by atoms with E-state index in [4.69, 9.17) is 4.74 Å². The number of ether oxygens (including phenoxy) is 1. The van der Waals surface area contributed by atoms with Crippen LogP contribution in [0.5, 0.6) is 0 Å². The number of methoxy groups -OCH3 is 1. The number of nitrogens with one attached hydrogen (secondary N) is 1. The molecule has 1 amide bonds. The fourth-order valence-corrected chi connectivity index (χ4v) is 2.80. The highest BCUT2D eigenvalue weighted by Gasteiger charge is 2.25. The Morgan fingerprint density at radius 2 is 1.77 bits per heavy atom. The predicted molar refractivity (Wildman–Crippen MR) is 99.6 cm³/mol. The Balaban J connectivity index is 2.04. The van der Waals surface area contributed by atoms with Gasteiger partial charge in [-0.15, -0.1) is 0 Å². The summed E-state index contributed by atoms with van der Waals surface area (Å²) in [7, 11) is 1.31. The maximum atomic E-state index is 12.9. The van der Waals surface area contributed by atoms with Gasteiger partial charge in [0.25, 0.3) is 5.91 Å². The number of imidazole rings is 1. The summed E-state index contributed by atoms with van der Waals surface area (Å²) in [5, 5.41) is 2.78. The SMILES string of the molecule is COC(=O)c1ccccc1NC(=O)c1nc(C(C)(C)C)n2ccccc12. The molecule has 3 rings (SSSR count). The first-order chi connectivity index (χ1) is 12.3. The van der Waals surface area contributed by atoms with Crippen LogP contribution in [0.2, 0.25) is 0 Å². The monoisotopic (exact) mass is 351 g/mol. The number of para-hydroxylation sites is 1. The Bertz CT molecular complexity index is 983. The number of amides is 1. The topological polar surface area (TPSA) is 72.7 Å². The number of rotatable bonds is 3. The van der Waals surface area contributed by atoms with Crippen LogP contribution in [0.25, 0.3) is 5.52 Å². The quantitative estimate of drug-likeness (QED) is 0.731. The molecule has 1 N–H and O–H groups in total. The number of carbonyl (C=O) groups is 2. The third-order valence-corrected chi connectivity index (χ3v) is 4.01. The predicted octanol–water partition coefficient (Wildman–Crippen LogP) is 3.67. The Kier molecular flexibility index (Phi) is 4.50. The summed E-state index contributed by atoms with van der Waals surface area (Å²) in [4.78, 5) is 29.4. The number of carbonyl (C=O) groups excluding carboxylic acids is 2. The second-order valence-corrected chi connectivity index (χ2v) is 6.98. The Morgan fingerprint density at radius 3 is 2.46 bits per heavy atom. The van der Waals surface area contributed by atoms with Crippen molar-refractivity contribution in [2.24, 2.45) is 0 Å². The van der Waals surface area contributed by atoms with E-state index in [0.29, 0.717) is 22.5 Å². The summed E-state index contributed by atoms with van der Waals surface area (Å²) in [6.45, 7) is 6.13. The van der Waals surface area contributed by atoms with E-state index in [-0.39, 0.29) is 11.3 Å². The summed E-state index contributed by atoms with van der Waals surface area (Å²) < 4.78 is 6.69. The van der Waals surface area contributed by atoms with Gasteiger partial charge in [0.2, 0.25) is 0 Å². The number of hydrogen-bond acceptors (Lipinski definition) is 4. The molecule has 0 fully saturated rings. The molecular weight excluding hydrogens is 330 g/mol. The number of aromatic nitrogens is 2. The van der Waals surface area contributed by atoms with Crippen molar-refractivity contribution in [2.75, 3.05) is 12.4 Å². The van der Waals surface area contributed by atoms with Crippen LogP contribution in [0.15, 0.2) is 48.7 Å². The molecule has 1 aromatic carbocycles. The minimum absolute atomic E-state index is 0.229. The zero-order chi connectivity index (χ0) is 18.9. The highest BCUT2D eigenvalue weighted by atomic mass is 16.5. The molecule has 0 aliphatic heterocycles. The molecule has 0 bridgehead atoms. The van der Waals surface area contributed by atoms with Crippen LogP contribution in [0.4, 0.5) is 5.69 Å². The van der Waals surface area contributed by atoms with E-state index >= 15 is 0 Å². The fourth-order valence-electron chi connectivity index (χ4n) is 2.80. The fraction of sp³-hybridized carbons (Fsp3) is 0.250. The lowest BCUT2D eigenvalue weighted by Gasteiger charge is -2.16. The average molecular weight is 351 g/mol. The van der Waals surface area contributed by atoms with Crippen molar-refractivity contribution in [3.05, 3.63) is 65.7 Å². The molecule has 6 heteroatoms. The largest absolute Gasteiger partial charge is 0.465 e. The van der Waals surface area contributed by atoms with Crippen molar-refractivity contribution >= 4 is 23.1 Å². The molecule has 2 heterocycles. The number of nitrogens with zero attached hydrogens (tertiary/aromatic N) is 2. The number of benzene rings is 1. The van der Waals surface area contributed by atoms with Crippen LogP contribution < -0.4 is 5.32 Å². The number of esters is 1. The molecule has 0 radical (unpaired) electrons. The van der Waals surface area contributed by atoms with Gasteiger partial charge in [-0.25, -0.2) is 9.78 Å². The second-order valence-electron chi connectivity index (χ2n) is 6.98. The lowest BCUT2D eigenvalue weighted by atomic mass is 9.96. The van der Waals surface area contributed by atoms with Crippen LogP contribution in [0.3, 0.4) is 0 Å². The molecule has 2 aromatic heterocycles. The van der Waals surface area contributed by atoms with Crippen molar-refractivity contribution in [1.82, 2.24) is 9.38 Å². The Labute approximate surface area is 151 Å². The summed E-state index contributed by atoms with van der Waals surface area (Å²) in [5.41, 5.74) is 1.48. The van der Waals surface area contributed by atoms with Crippen molar-refractivity contribution in [2.45, 2.75) is 26.2 Å². The van der Waals surface area contributed by atoms with E-state index in [1.165, 1.54) is 7.11 Å². The van der Waals surface area contributed by atoms with Gasteiger partial charge in [-0.2, -0.15) is 0 Å². The maximum Gasteiger partial charge on any atom is 0.339 e. The van der Waals surface area contributed by atoms with Gasteiger partial charge in [0, 0.05) is 11.6 Å². The first kappa shape index (κ1) is 17.7. The molecule has 26 heavy (non-hydrogen) atoms. The Hall–Kier alpha value is -3.15. The number of anilines is 1. The molecule has 0 saturated carbocycles. The average Bonchev–Trinajstić information content (AvgIpc) is 3.01. The molecule has 0 atom stereocenters. The van der Waals surface area contributed by atoms with E-state index in [1.807, 2.05) is 49.6 Å². The zero-order valence-corrected chi connectivity index (χ0v) is 15.2. The van der Waals surface area contributed by atoms with Crippen molar-refractivity contribution < 1.29 is 14.3 Å². The molecule has 6 nitrogen and oxygen atoms in total. The first-order valence-corrected chi connectivity index (χ1v) is 8.29. The van der Waals surface area contributed by atoms with E-state index in [0.717, 1.165) is 5.82 Å². The van der Waals surface area contributed by atoms with E-state index in [9.17, 15) is 9.59 Å². The third kappa shape index (κ3) is 3.18. The summed E-state index contributed by atoms with van der Waals surface area (Å²) in [6, 6.07) is 12.3. The highest BCUT2D eigenvalue weighted by molar-refractivity contribution is 6.10. The molecule has 0 unspecified atom stereocenters. The zero-order valence-electron chi connectivity index (χ0n) is 15.2. The van der Waals surface area contributed by atoms with Crippen LogP contribution >= 0.6 is 0 Å². The normalized spacial score (nSPS) is 11.4. The number of hydrogen-bond donors (Lipinski definition) is 1. The lowest BCUT2D eigenvalue weighted by Crippen LogP contribution is -2.17. The van der Waals surface area contributed by atoms with Gasteiger partial charge < -0.3 is 14.5 Å². The van der Waals surface area contributed by atoms with Gasteiger partial charge in [0.15, 0.2) is 5.69 Å². The van der Waals surface area contributed by atoms with Crippen LogP contribution in [-0.4, -0.2) is 28.4 Å². The smallest absolute Gasteiger partial charge is 0.339 e. The molecule has 134 valence electrons. The number of pyridine rings is 1. The van der Waals surface area contributed by atoms with Gasteiger partial charge >= 0.3 is 5.97 Å². The minimum atomic E-state index is -0.508. The van der Waals surface area contributed by atoms with Gasteiger partial charge in [0.1, 0.15) is 5.82 Å². The standard InChI is InChI=1S/C20H21N3O3/c1-20(2,3)19-22-16(15-11-7-8-12-23(15)19)17(24)21-14-10-6-5-9-13(14)18(25)26-4/h5-12H,1-4H3,(H,21,24). The third-order valence-electron chi connectivity index (χ3n) is 4.01. The Morgan fingerprint density at radius 1 is 1.08 bits per heavy atom. The van der Waals surface area contributed by atoms with E-state index < -0.39 is 5.97 Å². The lowest BCUT2D eigenvalue weighted by molar-refractivity contribution is 0.0602. The summed E-state index contributed by atoms with van der Waals surface area (Å²) in [6.07, 6.45) is 1.89. The molecule has 3 aromatic rings. The summed E-state index contributed by atoms with van der Waals surface area (Å²) >= 11 is 0. The van der Waals surface area contributed by atoms with Gasteiger partial charge in [0.05, 0.1) is 23.9 Å². The highest BCUT2D eigenvalue weighted by Crippen LogP contribution is 2.25. The second kappa shape index (κ2) is 6.63. The van der Waals surface area contributed by atoms with Gasteiger partial charge in [-0.3, -0.25) is 4.79 Å². The van der Waals surface area contributed by atoms with Crippen LogP contribution in [0.1, 0.15) is 47.4 Å². The van der Waals surface area contributed by atoms with Crippen LogP contribution in [-0.2, 0) is 10.2 Å². The number of fused-ring (bicyclic) bond motifs is 1. The van der Waals surface area contributed by atoms with Gasteiger partial charge in [-0.1, -0.05) is 39.0 Å². The minimum Gasteiger partial charge on any atom is -0.465 e. The van der Waals surface area contributed by atoms with Crippen molar-refractivity contribution in [3.63, 3.8) is 0 Å². The molecule has 0 aliphatic carbocycles. The maximum absolute atomic E-state index is 12.9. The first-order valence-electron chi connectivity index (χ1n) is 8.29. The van der Waals surface area contributed by atoms with E-state index in [1.54, 1.807) is 24.3 Å². The van der Waals surface area contributed by atoms with Crippen molar-refractivity contribution in [3.8, 4) is 0 Å². The molecular formula is C20H21N3O3. The van der Waals surface area contributed by atoms with Crippen LogP contribution in [0, 0.1) is 0 Å². The molecule has 0 spiro atoms. The van der Waals surface area contributed by atoms with Gasteiger partial charge in [-0.05, 0) is 24.3 Å². The molecule has 0 aliphatic rings. The van der Waals surface area contributed by atoms with E-state index in [2.05, 4.69) is 10.3 Å². The summed E-state index contributed by atoms with van der Waals surface area (Å²) in [5.74, 6) is -0.0916. The molecule has 0 saturated heterocycles.